The van der Waals surface area contributed by atoms with Gasteiger partial charge in [0.2, 0.25) is 0 Å². The Balaban J connectivity index is 2.16. The molecule has 0 saturated heterocycles. The van der Waals surface area contributed by atoms with Gasteiger partial charge < -0.3 is 5.32 Å². The summed E-state index contributed by atoms with van der Waals surface area (Å²) in [4.78, 5) is 12.1. The summed E-state index contributed by atoms with van der Waals surface area (Å²) < 4.78 is 53.0. The lowest BCUT2D eigenvalue weighted by molar-refractivity contribution is -0.137. The zero-order valence-corrected chi connectivity index (χ0v) is 14.7. The van der Waals surface area contributed by atoms with Gasteiger partial charge in [-0.2, -0.15) is 13.2 Å². The van der Waals surface area contributed by atoms with Gasteiger partial charge in [-0.15, -0.1) is 0 Å². The number of hydrogen-bond donors (Lipinski definition) is 2. The van der Waals surface area contributed by atoms with Crippen molar-refractivity contribution in [3.05, 3.63) is 58.1 Å². The van der Waals surface area contributed by atoms with Crippen LogP contribution in [0.25, 0.3) is 0 Å². The molecule has 25 heavy (non-hydrogen) atoms. The SMILES string of the molecule is C=S(=O)(NC(=O)Nc1ccc(Cl)c(C(F)(F)F)c1)c1ccc(Cl)cc1. The van der Waals surface area contributed by atoms with Crippen LogP contribution in [0.2, 0.25) is 10.0 Å². The first kappa shape index (κ1) is 19.4. The maximum atomic E-state index is 12.8. The summed E-state index contributed by atoms with van der Waals surface area (Å²) in [7, 11) is -3.21. The first-order valence-corrected chi connectivity index (χ1v) is 9.06. The predicted molar refractivity (Wildman–Crippen MR) is 93.6 cm³/mol. The van der Waals surface area contributed by atoms with Crippen molar-refractivity contribution in [1.29, 1.82) is 0 Å². The van der Waals surface area contributed by atoms with Crippen LogP contribution in [0.15, 0.2) is 47.4 Å². The quantitative estimate of drug-likeness (QED) is 0.712. The Morgan fingerprint density at radius 1 is 1.08 bits per heavy atom. The molecule has 2 rings (SSSR count). The van der Waals surface area contributed by atoms with Crippen LogP contribution in [0.1, 0.15) is 5.56 Å². The standard InChI is InChI=1S/C15H11Cl2F3N2O2S/c1-25(24,11-5-2-9(16)3-6-11)22-14(23)21-10-4-7-13(17)12(8-10)15(18,19)20/h2-8H,1H2,(H2,21,22,23,24). The van der Waals surface area contributed by atoms with Crippen molar-refractivity contribution < 1.29 is 22.2 Å². The lowest BCUT2D eigenvalue weighted by Crippen LogP contribution is -2.34. The number of anilines is 1. The van der Waals surface area contributed by atoms with Crippen LogP contribution in [0, 0.1) is 0 Å². The van der Waals surface area contributed by atoms with E-state index >= 15 is 0 Å². The Hall–Kier alpha value is -1.90. The Morgan fingerprint density at radius 3 is 2.24 bits per heavy atom. The van der Waals surface area contributed by atoms with Gasteiger partial charge >= 0.3 is 12.2 Å². The number of urea groups is 1. The van der Waals surface area contributed by atoms with Gasteiger partial charge in [-0.3, -0.25) is 4.72 Å². The lowest BCUT2D eigenvalue weighted by Gasteiger charge is -2.14. The van der Waals surface area contributed by atoms with Crippen LogP contribution in [-0.2, 0) is 15.9 Å². The minimum absolute atomic E-state index is 0.166. The van der Waals surface area contributed by atoms with E-state index in [0.717, 1.165) is 6.07 Å². The summed E-state index contributed by atoms with van der Waals surface area (Å²) >= 11 is 11.2. The highest BCUT2D eigenvalue weighted by Gasteiger charge is 2.33. The molecule has 0 aromatic heterocycles. The minimum atomic E-state index is -4.67. The molecule has 1 atom stereocenters. The van der Waals surface area contributed by atoms with Gasteiger partial charge in [-0.05, 0) is 48.3 Å². The van der Waals surface area contributed by atoms with Gasteiger partial charge in [-0.25, -0.2) is 9.00 Å². The number of rotatable bonds is 3. The highest BCUT2D eigenvalue weighted by Crippen LogP contribution is 2.36. The fourth-order valence-corrected chi connectivity index (χ4v) is 3.23. The normalized spacial score (nSPS) is 13.8. The van der Waals surface area contributed by atoms with E-state index in [9.17, 15) is 22.2 Å². The van der Waals surface area contributed by atoms with Gasteiger partial charge in [-0.1, -0.05) is 23.2 Å². The maximum Gasteiger partial charge on any atom is 0.417 e. The van der Waals surface area contributed by atoms with Gasteiger partial charge in [0.15, 0.2) is 0 Å². The van der Waals surface area contributed by atoms with Crippen LogP contribution in [0.4, 0.5) is 23.7 Å². The van der Waals surface area contributed by atoms with E-state index in [1.807, 2.05) is 0 Å². The van der Waals surface area contributed by atoms with E-state index < -0.39 is 32.5 Å². The van der Waals surface area contributed by atoms with Gasteiger partial charge in [0.25, 0.3) is 0 Å². The molecule has 2 amide bonds. The van der Waals surface area contributed by atoms with E-state index in [1.54, 1.807) is 0 Å². The third kappa shape index (κ3) is 5.04. The molecule has 2 aromatic rings. The average molecular weight is 411 g/mol. The molecule has 0 bridgehead atoms. The summed E-state index contributed by atoms with van der Waals surface area (Å²) in [5.41, 5.74) is -1.26. The zero-order valence-electron chi connectivity index (χ0n) is 12.4. The first-order valence-electron chi connectivity index (χ1n) is 6.57. The summed E-state index contributed by atoms with van der Waals surface area (Å²) in [6, 6.07) is 7.65. The van der Waals surface area contributed by atoms with Crippen molar-refractivity contribution in [2.24, 2.45) is 0 Å². The first-order chi connectivity index (χ1) is 11.5. The van der Waals surface area contributed by atoms with Gasteiger partial charge in [0.1, 0.15) is 0 Å². The third-order valence-corrected chi connectivity index (χ3v) is 5.11. The number of carbonyl (C=O) groups excluding carboxylic acids is 1. The van der Waals surface area contributed by atoms with Crippen LogP contribution in [0.3, 0.4) is 0 Å². The van der Waals surface area contributed by atoms with Gasteiger partial charge in [0.05, 0.1) is 20.3 Å². The fourth-order valence-electron chi connectivity index (χ4n) is 1.84. The molecule has 0 fully saturated rings. The molecule has 134 valence electrons. The Kier molecular flexibility index (Phi) is 5.55. The number of benzene rings is 2. The molecule has 0 aliphatic carbocycles. The Bertz CT molecular complexity index is 898. The molecule has 1 unspecified atom stereocenters. The van der Waals surface area contributed by atoms with Crippen LogP contribution in [-0.4, -0.2) is 16.1 Å². The Morgan fingerprint density at radius 2 is 1.68 bits per heavy atom. The molecule has 0 heterocycles. The highest BCUT2D eigenvalue weighted by molar-refractivity contribution is 7.99. The summed E-state index contributed by atoms with van der Waals surface area (Å²) in [5.74, 6) is 3.43. The molecule has 2 aromatic carbocycles. The minimum Gasteiger partial charge on any atom is -0.307 e. The molecule has 0 radical (unpaired) electrons. The van der Waals surface area contributed by atoms with Crippen LogP contribution >= 0.6 is 23.2 Å². The van der Waals surface area contributed by atoms with Crippen molar-refractivity contribution in [1.82, 2.24) is 4.72 Å². The number of carbonyl (C=O) groups is 1. The van der Waals surface area contributed by atoms with E-state index in [-0.39, 0.29) is 10.6 Å². The Labute approximate surface area is 152 Å². The van der Waals surface area contributed by atoms with Crippen molar-refractivity contribution in [2.45, 2.75) is 11.1 Å². The molecule has 10 heteroatoms. The number of hydrogen-bond acceptors (Lipinski definition) is 2. The van der Waals surface area contributed by atoms with E-state index in [0.29, 0.717) is 11.1 Å². The zero-order chi connectivity index (χ0) is 18.8. The molecule has 0 spiro atoms. The molecule has 2 N–H and O–H groups in total. The molecule has 0 saturated carbocycles. The molecule has 0 aliphatic heterocycles. The second kappa shape index (κ2) is 7.15. The molecular formula is C15H11Cl2F3N2O2S. The van der Waals surface area contributed by atoms with E-state index in [4.69, 9.17) is 23.2 Å². The predicted octanol–water partition coefficient (Wildman–Crippen LogP) is 4.82. The monoisotopic (exact) mass is 410 g/mol. The molecule has 0 aliphatic rings. The molecular weight excluding hydrogens is 400 g/mol. The van der Waals surface area contributed by atoms with Crippen LogP contribution < -0.4 is 10.0 Å². The highest BCUT2D eigenvalue weighted by atomic mass is 35.5. The largest absolute Gasteiger partial charge is 0.417 e. The fraction of sp³-hybridized carbons (Fsp3) is 0.0667. The average Bonchev–Trinajstić information content (AvgIpc) is 2.48. The summed E-state index contributed by atoms with van der Waals surface area (Å²) in [6.45, 7) is 0. The second-order valence-corrected chi connectivity index (χ2v) is 7.75. The number of amides is 2. The van der Waals surface area contributed by atoms with Crippen molar-refractivity contribution in [3.63, 3.8) is 0 Å². The number of nitrogens with one attached hydrogen (secondary N) is 2. The molecule has 4 nitrogen and oxygen atoms in total. The summed E-state index contributed by atoms with van der Waals surface area (Å²) in [5, 5.41) is 2.07. The van der Waals surface area contributed by atoms with Crippen molar-refractivity contribution in [2.75, 3.05) is 5.32 Å². The van der Waals surface area contributed by atoms with Crippen molar-refractivity contribution in [3.8, 4) is 0 Å². The second-order valence-electron chi connectivity index (χ2n) is 4.88. The smallest absolute Gasteiger partial charge is 0.307 e. The van der Waals surface area contributed by atoms with E-state index in [1.165, 1.54) is 30.3 Å². The van der Waals surface area contributed by atoms with Gasteiger partial charge in [0, 0.05) is 15.6 Å². The number of halogens is 5. The van der Waals surface area contributed by atoms with Crippen LogP contribution in [0.5, 0.6) is 0 Å². The summed E-state index contributed by atoms with van der Waals surface area (Å²) in [6.07, 6.45) is -4.67. The van der Waals surface area contributed by atoms with Crippen molar-refractivity contribution >= 4 is 50.5 Å². The van der Waals surface area contributed by atoms with E-state index in [2.05, 4.69) is 15.9 Å². The topological polar surface area (TPSA) is 58.2 Å². The third-order valence-electron chi connectivity index (χ3n) is 2.98. The lowest BCUT2D eigenvalue weighted by atomic mass is 10.2. The number of alkyl halides is 3. The maximum absolute atomic E-state index is 12.8.